The van der Waals surface area contributed by atoms with Crippen LogP contribution in [-0.2, 0) is 4.79 Å². The molecule has 0 radical (unpaired) electrons. The van der Waals surface area contributed by atoms with Crippen LogP contribution in [0.25, 0.3) is 0 Å². The number of nitrogens with one attached hydrogen (secondary N) is 1. The van der Waals surface area contributed by atoms with Crippen molar-refractivity contribution in [1.29, 1.82) is 0 Å². The molecule has 0 aliphatic heterocycles. The normalized spacial score (nSPS) is 12.1. The molecule has 0 fully saturated rings. The van der Waals surface area contributed by atoms with Gasteiger partial charge in [-0.3, -0.25) is 4.79 Å². The highest BCUT2D eigenvalue weighted by molar-refractivity contribution is 5.92. The lowest BCUT2D eigenvalue weighted by atomic mass is 10.0. The Morgan fingerprint density at radius 3 is 1.42 bits per heavy atom. The van der Waals surface area contributed by atoms with Gasteiger partial charge < -0.3 is 5.32 Å². The number of rotatable bonds is 19. The van der Waals surface area contributed by atoms with E-state index in [1.165, 1.54) is 103 Å². The van der Waals surface area contributed by atoms with Crippen molar-refractivity contribution in [2.45, 2.75) is 136 Å². The van der Waals surface area contributed by atoms with Crippen molar-refractivity contribution < 1.29 is 4.79 Å². The van der Waals surface area contributed by atoms with Gasteiger partial charge in [0, 0.05) is 11.6 Å². The number of unbranched alkanes of at least 4 members (excludes halogenated alkanes) is 15. The molecule has 0 aliphatic rings. The van der Waals surface area contributed by atoms with Gasteiger partial charge in [-0.2, -0.15) is 0 Å². The molecule has 154 valence electrons. The first kappa shape index (κ1) is 25.2. The molecule has 0 aliphatic carbocycles. The molecule has 0 rings (SSSR count). The molecule has 2 heteroatoms. The van der Waals surface area contributed by atoms with E-state index in [4.69, 9.17) is 0 Å². The van der Waals surface area contributed by atoms with Crippen LogP contribution < -0.4 is 5.32 Å². The average molecular weight is 366 g/mol. The molecule has 26 heavy (non-hydrogen) atoms. The number of hydrogen-bond acceptors (Lipinski definition) is 1. The van der Waals surface area contributed by atoms with Crippen LogP contribution in [-0.4, -0.2) is 11.9 Å². The van der Waals surface area contributed by atoms with Crippen molar-refractivity contribution in [3.05, 3.63) is 12.2 Å². The molecular weight excluding hydrogens is 318 g/mol. The van der Waals surface area contributed by atoms with E-state index in [1.54, 1.807) is 6.92 Å². The maximum Gasteiger partial charge on any atom is 0.246 e. The van der Waals surface area contributed by atoms with Gasteiger partial charge in [-0.05, 0) is 20.3 Å². The van der Waals surface area contributed by atoms with Gasteiger partial charge in [0.1, 0.15) is 0 Å². The molecule has 1 N–H and O–H groups in total. The SMILES string of the molecule is C=C(C)C(=O)NC(C)CCCCCCCCCCCCCCCCCC. The lowest BCUT2D eigenvalue weighted by Gasteiger charge is -2.13. The zero-order valence-corrected chi connectivity index (χ0v) is 18.2. The minimum Gasteiger partial charge on any atom is -0.350 e. The second-order valence-corrected chi connectivity index (χ2v) is 8.25. The molecule has 2 nitrogen and oxygen atoms in total. The standard InChI is InChI=1S/C24H47NO/c1-5-6-7-8-9-10-11-12-13-14-15-16-17-18-19-20-21-23(4)25-24(26)22(2)3/h23H,2,5-21H2,1,3-4H3,(H,25,26). The molecule has 0 aromatic rings. The Kier molecular flexibility index (Phi) is 18.4. The number of carbonyl (C=O) groups excluding carboxylic acids is 1. The summed E-state index contributed by atoms with van der Waals surface area (Å²) in [4.78, 5) is 11.5. The Morgan fingerprint density at radius 1 is 0.731 bits per heavy atom. The fourth-order valence-electron chi connectivity index (χ4n) is 3.42. The fraction of sp³-hybridized carbons (Fsp3) is 0.875. The summed E-state index contributed by atoms with van der Waals surface area (Å²) in [6.45, 7) is 9.81. The van der Waals surface area contributed by atoms with E-state index in [0.717, 1.165) is 6.42 Å². The highest BCUT2D eigenvalue weighted by Gasteiger charge is 2.06. The van der Waals surface area contributed by atoms with Crippen molar-refractivity contribution in [2.24, 2.45) is 0 Å². The second kappa shape index (κ2) is 19.0. The molecule has 0 saturated heterocycles. The van der Waals surface area contributed by atoms with Crippen molar-refractivity contribution in [3.8, 4) is 0 Å². The molecule has 0 heterocycles. The molecule has 0 bridgehead atoms. The van der Waals surface area contributed by atoms with Gasteiger partial charge >= 0.3 is 0 Å². The summed E-state index contributed by atoms with van der Waals surface area (Å²) in [7, 11) is 0. The summed E-state index contributed by atoms with van der Waals surface area (Å²) in [5, 5.41) is 2.99. The van der Waals surface area contributed by atoms with E-state index in [1.807, 2.05) is 0 Å². The summed E-state index contributed by atoms with van der Waals surface area (Å²) in [6.07, 6.45) is 23.5. The lowest BCUT2D eigenvalue weighted by Crippen LogP contribution is -2.32. The molecule has 0 aromatic carbocycles. The minimum absolute atomic E-state index is 0.00556. The Labute approximate surface area is 164 Å². The second-order valence-electron chi connectivity index (χ2n) is 8.25. The molecule has 0 saturated carbocycles. The third-order valence-electron chi connectivity index (χ3n) is 5.26. The van der Waals surface area contributed by atoms with Gasteiger partial charge in [-0.1, -0.05) is 116 Å². The Bertz CT molecular complexity index is 337. The van der Waals surface area contributed by atoms with Gasteiger partial charge in [0.05, 0.1) is 0 Å². The van der Waals surface area contributed by atoms with Crippen LogP contribution in [0.15, 0.2) is 12.2 Å². The Balaban J connectivity index is 3.17. The zero-order chi connectivity index (χ0) is 19.5. The molecule has 1 unspecified atom stereocenters. The van der Waals surface area contributed by atoms with Crippen molar-refractivity contribution >= 4 is 5.91 Å². The van der Waals surface area contributed by atoms with Crippen LogP contribution in [0.5, 0.6) is 0 Å². The van der Waals surface area contributed by atoms with Crippen LogP contribution in [0.3, 0.4) is 0 Å². The van der Waals surface area contributed by atoms with Gasteiger partial charge in [0.2, 0.25) is 5.91 Å². The van der Waals surface area contributed by atoms with E-state index in [2.05, 4.69) is 25.7 Å². The van der Waals surface area contributed by atoms with Gasteiger partial charge in [0.25, 0.3) is 0 Å². The van der Waals surface area contributed by atoms with Crippen LogP contribution in [0, 0.1) is 0 Å². The third-order valence-corrected chi connectivity index (χ3v) is 5.26. The monoisotopic (exact) mass is 365 g/mol. The third kappa shape index (κ3) is 18.0. The van der Waals surface area contributed by atoms with Gasteiger partial charge in [-0.25, -0.2) is 0 Å². The van der Waals surface area contributed by atoms with Crippen LogP contribution in [0.2, 0.25) is 0 Å². The summed E-state index contributed by atoms with van der Waals surface area (Å²) in [6, 6.07) is 0.269. The maximum absolute atomic E-state index is 11.5. The highest BCUT2D eigenvalue weighted by Crippen LogP contribution is 2.14. The van der Waals surface area contributed by atoms with Crippen molar-refractivity contribution in [2.75, 3.05) is 0 Å². The minimum atomic E-state index is -0.00556. The maximum atomic E-state index is 11.5. The van der Waals surface area contributed by atoms with Crippen LogP contribution >= 0.6 is 0 Å². The highest BCUT2D eigenvalue weighted by atomic mass is 16.1. The van der Waals surface area contributed by atoms with E-state index < -0.39 is 0 Å². The van der Waals surface area contributed by atoms with Crippen LogP contribution in [0.1, 0.15) is 130 Å². The Morgan fingerprint density at radius 2 is 1.08 bits per heavy atom. The first-order valence-electron chi connectivity index (χ1n) is 11.5. The summed E-state index contributed by atoms with van der Waals surface area (Å²) < 4.78 is 0. The molecule has 1 atom stereocenters. The Hall–Kier alpha value is -0.790. The van der Waals surface area contributed by atoms with Crippen LogP contribution in [0.4, 0.5) is 0 Å². The van der Waals surface area contributed by atoms with E-state index in [-0.39, 0.29) is 11.9 Å². The average Bonchev–Trinajstić information content (AvgIpc) is 2.61. The van der Waals surface area contributed by atoms with Crippen molar-refractivity contribution in [3.63, 3.8) is 0 Å². The van der Waals surface area contributed by atoms with E-state index >= 15 is 0 Å². The molecule has 0 aromatic heterocycles. The van der Waals surface area contributed by atoms with E-state index in [9.17, 15) is 4.79 Å². The molecular formula is C24H47NO. The number of carbonyl (C=O) groups is 1. The predicted octanol–water partition coefficient (Wildman–Crippen LogP) is 7.72. The first-order chi connectivity index (χ1) is 12.6. The number of amides is 1. The lowest BCUT2D eigenvalue weighted by molar-refractivity contribution is -0.118. The largest absolute Gasteiger partial charge is 0.350 e. The fourth-order valence-corrected chi connectivity index (χ4v) is 3.42. The zero-order valence-electron chi connectivity index (χ0n) is 18.2. The topological polar surface area (TPSA) is 29.1 Å². The van der Waals surface area contributed by atoms with Gasteiger partial charge in [0.15, 0.2) is 0 Å². The van der Waals surface area contributed by atoms with E-state index in [0.29, 0.717) is 5.57 Å². The molecule has 1 amide bonds. The summed E-state index contributed by atoms with van der Waals surface area (Å²) in [5.74, 6) is -0.00556. The summed E-state index contributed by atoms with van der Waals surface area (Å²) >= 11 is 0. The smallest absolute Gasteiger partial charge is 0.246 e. The molecule has 0 spiro atoms. The quantitative estimate of drug-likeness (QED) is 0.184. The summed E-state index contributed by atoms with van der Waals surface area (Å²) in [5.41, 5.74) is 0.601. The predicted molar refractivity (Wildman–Crippen MR) is 117 cm³/mol. The first-order valence-corrected chi connectivity index (χ1v) is 11.5. The number of hydrogen-bond donors (Lipinski definition) is 1. The van der Waals surface area contributed by atoms with Crippen molar-refractivity contribution in [1.82, 2.24) is 5.32 Å². The van der Waals surface area contributed by atoms with Gasteiger partial charge in [-0.15, -0.1) is 0 Å².